The molecule has 0 N–H and O–H groups in total. The van der Waals surface area contributed by atoms with Gasteiger partial charge < -0.3 is 0 Å². The van der Waals surface area contributed by atoms with Crippen LogP contribution in [-0.2, 0) is 4.74 Å². The van der Waals surface area contributed by atoms with E-state index in [4.69, 9.17) is 18.0 Å². The molecule has 114 valence electrons. The molecular formula is C17H18GeO4. The Balaban J connectivity index is 2.00. The van der Waals surface area contributed by atoms with E-state index in [1.807, 2.05) is 18.2 Å². The van der Waals surface area contributed by atoms with Gasteiger partial charge in [-0.2, -0.15) is 0 Å². The van der Waals surface area contributed by atoms with Gasteiger partial charge in [-0.3, -0.25) is 0 Å². The molecule has 1 aliphatic rings. The molecule has 1 fully saturated rings. The summed E-state index contributed by atoms with van der Waals surface area (Å²) in [6.07, 6.45) is 5.21. The van der Waals surface area contributed by atoms with E-state index in [0.717, 1.165) is 27.0 Å². The van der Waals surface area contributed by atoms with Crippen molar-refractivity contribution in [2.24, 2.45) is 5.92 Å². The van der Waals surface area contributed by atoms with Crippen LogP contribution in [0.15, 0.2) is 68.4 Å². The molecule has 3 aromatic rings. The average Bonchev–Trinajstić information content (AvgIpc) is 3.32. The van der Waals surface area contributed by atoms with Crippen LogP contribution in [0.2, 0.25) is 4.75 Å². The number of rotatable bonds is 4. The van der Waals surface area contributed by atoms with Gasteiger partial charge in [0, 0.05) is 0 Å². The Labute approximate surface area is 131 Å². The molecule has 0 radical (unpaired) electrons. The first-order chi connectivity index (χ1) is 10.8. The molecule has 0 saturated carbocycles. The third-order valence-electron chi connectivity index (χ3n) is 4.65. The van der Waals surface area contributed by atoms with Crippen molar-refractivity contribution in [2.45, 2.75) is 11.7 Å². The molecule has 22 heavy (non-hydrogen) atoms. The molecule has 0 aliphatic carbocycles. The molecule has 4 nitrogen and oxygen atoms in total. The van der Waals surface area contributed by atoms with Crippen molar-refractivity contribution < 1.29 is 18.0 Å². The Morgan fingerprint density at radius 2 is 1.32 bits per heavy atom. The molecule has 0 unspecified atom stereocenters. The number of hydrogen-bond acceptors (Lipinski definition) is 4. The van der Waals surface area contributed by atoms with E-state index < -0.39 is 13.3 Å². The zero-order chi connectivity index (χ0) is 15.0. The van der Waals surface area contributed by atoms with Crippen LogP contribution in [0.4, 0.5) is 0 Å². The van der Waals surface area contributed by atoms with Crippen LogP contribution in [-0.4, -0.2) is 26.5 Å². The molecule has 5 heteroatoms. The zero-order valence-corrected chi connectivity index (χ0v) is 14.5. The topological polar surface area (TPSA) is 48.7 Å². The Kier molecular flexibility index (Phi) is 3.50. The summed E-state index contributed by atoms with van der Waals surface area (Å²) in [5.74, 6) is 0.445. The molecular weight excluding hydrogens is 341 g/mol. The molecule has 3 aromatic heterocycles. The minimum absolute atomic E-state index is 0.364. The van der Waals surface area contributed by atoms with Crippen molar-refractivity contribution in [3.63, 3.8) is 0 Å². The van der Waals surface area contributed by atoms with E-state index in [-0.39, 0.29) is 0 Å². The van der Waals surface area contributed by atoms with Crippen LogP contribution in [0.1, 0.15) is 6.92 Å². The maximum atomic E-state index is 5.92. The monoisotopic (exact) mass is 360 g/mol. The zero-order valence-electron chi connectivity index (χ0n) is 12.4. The van der Waals surface area contributed by atoms with Crippen LogP contribution in [0.5, 0.6) is 0 Å². The molecule has 0 bridgehead atoms. The Morgan fingerprint density at radius 3 is 1.64 bits per heavy atom. The summed E-state index contributed by atoms with van der Waals surface area (Å²) in [4.78, 5) is 0. The van der Waals surface area contributed by atoms with E-state index >= 15 is 0 Å². The summed E-state index contributed by atoms with van der Waals surface area (Å²) in [6.45, 7) is 3.75. The van der Waals surface area contributed by atoms with Gasteiger partial charge in [0.1, 0.15) is 0 Å². The molecule has 0 amide bonds. The van der Waals surface area contributed by atoms with Gasteiger partial charge in [0.25, 0.3) is 0 Å². The fourth-order valence-electron chi connectivity index (χ4n) is 3.63. The fourth-order valence-corrected chi connectivity index (χ4v) is 14.1. The summed E-state index contributed by atoms with van der Waals surface area (Å²) in [6, 6.07) is 12.0. The summed E-state index contributed by atoms with van der Waals surface area (Å²) < 4.78 is 26.9. The minimum atomic E-state index is -3.19. The van der Waals surface area contributed by atoms with Crippen LogP contribution >= 0.6 is 0 Å². The van der Waals surface area contributed by atoms with Crippen molar-refractivity contribution in [1.29, 1.82) is 0 Å². The molecule has 0 spiro atoms. The maximum absolute atomic E-state index is 5.92. The summed E-state index contributed by atoms with van der Waals surface area (Å²) >= 11 is -3.19. The van der Waals surface area contributed by atoms with Crippen molar-refractivity contribution in [2.75, 3.05) is 13.2 Å². The van der Waals surface area contributed by atoms with Gasteiger partial charge in [0.05, 0.1) is 0 Å². The fraction of sp³-hybridized carbons (Fsp3) is 0.294. The van der Waals surface area contributed by atoms with Gasteiger partial charge in [-0.1, -0.05) is 0 Å². The predicted molar refractivity (Wildman–Crippen MR) is 84.5 cm³/mol. The van der Waals surface area contributed by atoms with Gasteiger partial charge in [-0.15, -0.1) is 0 Å². The van der Waals surface area contributed by atoms with Crippen LogP contribution < -0.4 is 13.8 Å². The third-order valence-corrected chi connectivity index (χ3v) is 15.2. The third kappa shape index (κ3) is 1.94. The Morgan fingerprint density at radius 1 is 0.818 bits per heavy atom. The first-order valence-electron chi connectivity index (χ1n) is 7.53. The Hall–Kier alpha value is -1.66. The normalized spacial score (nSPS) is 22.2. The molecule has 4 heterocycles. The van der Waals surface area contributed by atoms with Crippen LogP contribution in [0.3, 0.4) is 0 Å². The van der Waals surface area contributed by atoms with Crippen molar-refractivity contribution in [3.05, 3.63) is 55.2 Å². The first kappa shape index (κ1) is 14.0. The van der Waals surface area contributed by atoms with E-state index in [2.05, 4.69) is 25.1 Å². The van der Waals surface area contributed by atoms with Crippen molar-refractivity contribution in [1.82, 2.24) is 0 Å². The van der Waals surface area contributed by atoms with Crippen LogP contribution in [0.25, 0.3) is 0 Å². The second-order valence-corrected chi connectivity index (χ2v) is 13.9. The summed E-state index contributed by atoms with van der Waals surface area (Å²) in [5, 5.41) is 0. The van der Waals surface area contributed by atoms with E-state index in [1.165, 1.54) is 0 Å². The molecule has 1 aliphatic heterocycles. The second kappa shape index (κ2) is 5.52. The summed E-state index contributed by atoms with van der Waals surface area (Å²) in [7, 11) is 0. The summed E-state index contributed by atoms with van der Waals surface area (Å²) in [5.41, 5.74) is 0. The van der Waals surface area contributed by atoms with E-state index in [1.54, 1.807) is 18.8 Å². The quantitative estimate of drug-likeness (QED) is 0.669. The average molecular weight is 359 g/mol. The number of furan rings is 3. The number of hydrogen-bond donors (Lipinski definition) is 0. The van der Waals surface area contributed by atoms with Crippen LogP contribution in [0, 0.1) is 5.92 Å². The predicted octanol–water partition coefficient (Wildman–Crippen LogP) is 1.97. The molecule has 1 saturated heterocycles. The van der Waals surface area contributed by atoms with Gasteiger partial charge in [0.2, 0.25) is 0 Å². The van der Waals surface area contributed by atoms with E-state index in [0.29, 0.717) is 10.7 Å². The molecule has 2 atom stereocenters. The standard InChI is InChI=1S/C17H18GeO4/c1-13-11-19-12-14(13)18(15-5-2-8-20-15,16-6-3-9-21-16)17-7-4-10-22-17/h2-10,13-14H,11-12H2,1H3/t13-,14+/m0/s1. The SMILES string of the molecule is C[C@H]1COC[C@H]1[Ge]([c]1ccco1)([c]1ccco1)[c]1ccco1. The van der Waals surface area contributed by atoms with Crippen molar-refractivity contribution >= 4 is 27.0 Å². The molecule has 4 rings (SSSR count). The van der Waals surface area contributed by atoms with Gasteiger partial charge >= 0.3 is 131 Å². The van der Waals surface area contributed by atoms with Crippen molar-refractivity contribution in [3.8, 4) is 0 Å². The van der Waals surface area contributed by atoms with Gasteiger partial charge in [-0.05, 0) is 0 Å². The molecule has 0 aromatic carbocycles. The van der Waals surface area contributed by atoms with Gasteiger partial charge in [0.15, 0.2) is 0 Å². The van der Waals surface area contributed by atoms with E-state index in [9.17, 15) is 0 Å². The second-order valence-electron chi connectivity index (χ2n) is 5.86. The first-order valence-corrected chi connectivity index (χ1v) is 11.9. The Bertz CT molecular complexity index is 616. The van der Waals surface area contributed by atoms with Gasteiger partial charge in [-0.25, -0.2) is 0 Å². The number of ether oxygens (including phenoxy) is 1.